The second-order valence-electron chi connectivity index (χ2n) is 7.76. The van der Waals surface area contributed by atoms with Gasteiger partial charge in [-0.25, -0.2) is 13.1 Å². The molecule has 30 heavy (non-hydrogen) atoms. The third kappa shape index (κ3) is 5.61. The van der Waals surface area contributed by atoms with Crippen molar-refractivity contribution in [1.82, 2.24) is 9.62 Å². The summed E-state index contributed by atoms with van der Waals surface area (Å²) in [6.45, 7) is 3.23. The summed E-state index contributed by atoms with van der Waals surface area (Å²) in [7, 11) is -2.27. The quantitative estimate of drug-likeness (QED) is 0.694. The number of benzene rings is 2. The molecule has 3 rings (SSSR count). The number of ether oxygens (including phenoxy) is 1. The summed E-state index contributed by atoms with van der Waals surface area (Å²) in [5.74, 6) is 0.211. The minimum absolute atomic E-state index is 0.0789. The van der Waals surface area contributed by atoms with Crippen LogP contribution >= 0.6 is 0 Å². The molecule has 1 N–H and O–H groups in total. The topological polar surface area (TPSA) is 75.7 Å². The zero-order chi connectivity index (χ0) is 21.6. The molecular formula is C23H30N2O4S. The normalized spacial score (nSPS) is 15.6. The van der Waals surface area contributed by atoms with E-state index in [4.69, 9.17) is 4.74 Å². The third-order valence-electron chi connectivity index (χ3n) is 5.42. The highest BCUT2D eigenvalue weighted by atomic mass is 32.2. The van der Waals surface area contributed by atoms with Crippen molar-refractivity contribution in [3.05, 3.63) is 59.7 Å². The van der Waals surface area contributed by atoms with Gasteiger partial charge in [0.15, 0.2) is 0 Å². The molecule has 0 aliphatic carbocycles. The number of rotatable bonds is 8. The molecule has 1 fully saturated rings. The van der Waals surface area contributed by atoms with Gasteiger partial charge in [-0.1, -0.05) is 30.3 Å². The first-order valence-corrected chi connectivity index (χ1v) is 11.9. The van der Waals surface area contributed by atoms with Gasteiger partial charge < -0.3 is 9.64 Å². The van der Waals surface area contributed by atoms with Crippen LogP contribution in [0.2, 0.25) is 0 Å². The number of likely N-dealkylation sites (tertiary alicyclic amines) is 1. The van der Waals surface area contributed by atoms with Crippen molar-refractivity contribution in [3.63, 3.8) is 0 Å². The summed E-state index contributed by atoms with van der Waals surface area (Å²) in [4.78, 5) is 14.8. The summed E-state index contributed by atoms with van der Waals surface area (Å²) < 4.78 is 33.9. The molecular weight excluding hydrogens is 400 g/mol. The van der Waals surface area contributed by atoms with E-state index in [-0.39, 0.29) is 16.8 Å². The van der Waals surface area contributed by atoms with E-state index in [1.807, 2.05) is 37.3 Å². The summed E-state index contributed by atoms with van der Waals surface area (Å²) >= 11 is 0. The van der Waals surface area contributed by atoms with Crippen LogP contribution in [0.25, 0.3) is 0 Å². The standard InChI is InChI=1S/C23H30N2O4S/c1-18(11-12-19-9-5-3-6-10-19)24-30(27,28)20-13-14-22(29-2)21(17-20)23(26)25-15-7-4-8-16-25/h3,5-6,9-10,13-14,17-18,24H,4,7-8,11-12,15-16H2,1-2H3. The van der Waals surface area contributed by atoms with Gasteiger partial charge in [-0.2, -0.15) is 0 Å². The first-order valence-electron chi connectivity index (χ1n) is 10.4. The Hall–Kier alpha value is -2.38. The van der Waals surface area contributed by atoms with Crippen LogP contribution in [0, 0.1) is 0 Å². The Morgan fingerprint density at radius 2 is 1.80 bits per heavy atom. The van der Waals surface area contributed by atoms with E-state index in [2.05, 4.69) is 4.72 Å². The zero-order valence-electron chi connectivity index (χ0n) is 17.6. The van der Waals surface area contributed by atoms with Crippen molar-refractivity contribution in [2.45, 2.75) is 50.0 Å². The Morgan fingerprint density at radius 1 is 1.10 bits per heavy atom. The minimum Gasteiger partial charge on any atom is -0.496 e. The van der Waals surface area contributed by atoms with E-state index < -0.39 is 10.0 Å². The van der Waals surface area contributed by atoms with Gasteiger partial charge in [-0.3, -0.25) is 4.79 Å². The molecule has 162 valence electrons. The van der Waals surface area contributed by atoms with E-state index in [0.29, 0.717) is 30.8 Å². The summed E-state index contributed by atoms with van der Waals surface area (Å²) in [6.07, 6.45) is 4.50. The molecule has 0 aromatic heterocycles. The predicted octanol–water partition coefficient (Wildman–Crippen LogP) is 3.62. The highest BCUT2D eigenvalue weighted by Crippen LogP contribution is 2.25. The summed E-state index contributed by atoms with van der Waals surface area (Å²) in [6, 6.07) is 14.2. The molecule has 1 heterocycles. The van der Waals surface area contributed by atoms with Gasteiger partial charge in [-0.05, 0) is 62.8 Å². The molecule has 1 atom stereocenters. The van der Waals surface area contributed by atoms with Crippen molar-refractivity contribution >= 4 is 15.9 Å². The highest BCUT2D eigenvalue weighted by molar-refractivity contribution is 7.89. The first-order chi connectivity index (χ1) is 14.4. The smallest absolute Gasteiger partial charge is 0.257 e. The van der Waals surface area contributed by atoms with Crippen LogP contribution in [0.1, 0.15) is 48.5 Å². The van der Waals surface area contributed by atoms with Crippen LogP contribution < -0.4 is 9.46 Å². The van der Waals surface area contributed by atoms with Crippen LogP contribution in [0.4, 0.5) is 0 Å². The van der Waals surface area contributed by atoms with E-state index in [1.54, 1.807) is 11.0 Å². The number of nitrogens with zero attached hydrogens (tertiary/aromatic N) is 1. The van der Waals surface area contributed by atoms with Crippen LogP contribution in [0.15, 0.2) is 53.4 Å². The second-order valence-corrected chi connectivity index (χ2v) is 9.48. The molecule has 1 saturated heterocycles. The molecule has 0 spiro atoms. The summed E-state index contributed by atoms with van der Waals surface area (Å²) in [5, 5.41) is 0. The second kappa shape index (κ2) is 10.1. The van der Waals surface area contributed by atoms with Crippen LogP contribution in [-0.2, 0) is 16.4 Å². The number of amides is 1. The van der Waals surface area contributed by atoms with E-state index in [1.165, 1.54) is 24.8 Å². The Kier molecular flexibility index (Phi) is 7.50. The Bertz CT molecular complexity index is 954. The summed E-state index contributed by atoms with van der Waals surface area (Å²) in [5.41, 5.74) is 1.46. The molecule has 6 nitrogen and oxygen atoms in total. The maximum absolute atomic E-state index is 13.0. The van der Waals surface area contributed by atoms with Crippen molar-refractivity contribution in [1.29, 1.82) is 0 Å². The maximum atomic E-state index is 13.0. The molecule has 1 aliphatic heterocycles. The average molecular weight is 431 g/mol. The molecule has 1 amide bonds. The number of methoxy groups -OCH3 is 1. The number of hydrogen-bond donors (Lipinski definition) is 1. The van der Waals surface area contributed by atoms with Gasteiger partial charge in [0.1, 0.15) is 5.75 Å². The molecule has 1 aliphatic rings. The van der Waals surface area contributed by atoms with Gasteiger partial charge >= 0.3 is 0 Å². The average Bonchev–Trinajstić information content (AvgIpc) is 2.77. The molecule has 2 aromatic rings. The van der Waals surface area contributed by atoms with Gasteiger partial charge in [0.25, 0.3) is 5.91 Å². The van der Waals surface area contributed by atoms with Crippen LogP contribution in [-0.4, -0.2) is 45.5 Å². The molecule has 0 radical (unpaired) electrons. The van der Waals surface area contributed by atoms with Crippen molar-refractivity contribution in [2.75, 3.05) is 20.2 Å². The lowest BCUT2D eigenvalue weighted by Crippen LogP contribution is -2.36. The number of nitrogens with one attached hydrogen (secondary N) is 1. The molecule has 7 heteroatoms. The van der Waals surface area contributed by atoms with Crippen molar-refractivity contribution in [3.8, 4) is 5.75 Å². The lowest BCUT2D eigenvalue weighted by molar-refractivity contribution is 0.0720. The van der Waals surface area contributed by atoms with Gasteiger partial charge in [0.05, 0.1) is 17.6 Å². The van der Waals surface area contributed by atoms with Gasteiger partial charge in [0.2, 0.25) is 10.0 Å². The van der Waals surface area contributed by atoms with Crippen LogP contribution in [0.3, 0.4) is 0 Å². The number of hydrogen-bond acceptors (Lipinski definition) is 4. The fourth-order valence-corrected chi connectivity index (χ4v) is 5.01. The lowest BCUT2D eigenvalue weighted by atomic mass is 10.1. The molecule has 1 unspecified atom stereocenters. The van der Waals surface area contributed by atoms with E-state index in [0.717, 1.165) is 25.7 Å². The fraction of sp³-hybridized carbons (Fsp3) is 0.435. The third-order valence-corrected chi connectivity index (χ3v) is 7.01. The predicted molar refractivity (Wildman–Crippen MR) is 117 cm³/mol. The number of piperidine rings is 1. The number of aryl methyl sites for hydroxylation is 1. The van der Waals surface area contributed by atoms with Crippen molar-refractivity contribution in [2.24, 2.45) is 0 Å². The number of carbonyl (C=O) groups is 1. The maximum Gasteiger partial charge on any atom is 0.257 e. The Morgan fingerprint density at radius 3 is 2.47 bits per heavy atom. The Balaban J connectivity index is 1.73. The number of carbonyl (C=O) groups excluding carboxylic acids is 1. The fourth-order valence-electron chi connectivity index (χ4n) is 3.71. The van der Waals surface area contributed by atoms with Crippen LogP contribution in [0.5, 0.6) is 5.75 Å². The zero-order valence-corrected chi connectivity index (χ0v) is 18.5. The largest absolute Gasteiger partial charge is 0.496 e. The van der Waals surface area contributed by atoms with Crippen molar-refractivity contribution < 1.29 is 17.9 Å². The monoisotopic (exact) mass is 430 g/mol. The van der Waals surface area contributed by atoms with Gasteiger partial charge in [-0.15, -0.1) is 0 Å². The van der Waals surface area contributed by atoms with Gasteiger partial charge in [0, 0.05) is 19.1 Å². The molecule has 2 aromatic carbocycles. The highest BCUT2D eigenvalue weighted by Gasteiger charge is 2.25. The molecule has 0 saturated carbocycles. The van der Waals surface area contributed by atoms with E-state index in [9.17, 15) is 13.2 Å². The van der Waals surface area contributed by atoms with E-state index >= 15 is 0 Å². The lowest BCUT2D eigenvalue weighted by Gasteiger charge is -2.27. The number of sulfonamides is 1. The first kappa shape index (κ1) is 22.3. The molecule has 0 bridgehead atoms. The Labute approximate surface area is 179 Å². The minimum atomic E-state index is -3.75. The SMILES string of the molecule is COc1ccc(S(=O)(=O)NC(C)CCc2ccccc2)cc1C(=O)N1CCCCC1.